The molecule has 2 atom stereocenters. The normalized spacial score (nSPS) is 20.9. The summed E-state index contributed by atoms with van der Waals surface area (Å²) in [5, 5.41) is 4.40. The molecule has 2 aromatic rings. The van der Waals surface area contributed by atoms with Crippen LogP contribution in [0.1, 0.15) is 36.3 Å². The van der Waals surface area contributed by atoms with Gasteiger partial charge in [-0.05, 0) is 44.4 Å². The first-order chi connectivity index (χ1) is 11.2. The van der Waals surface area contributed by atoms with Gasteiger partial charge in [-0.2, -0.15) is 5.10 Å². The van der Waals surface area contributed by atoms with Gasteiger partial charge in [0.15, 0.2) is 5.82 Å². The maximum Gasteiger partial charge on any atom is 0.257 e. The Bertz CT molecular complexity index is 682. The van der Waals surface area contributed by atoms with Gasteiger partial charge in [0.1, 0.15) is 0 Å². The highest BCUT2D eigenvalue weighted by atomic mass is 16.2. The van der Waals surface area contributed by atoms with Crippen molar-refractivity contribution in [1.29, 1.82) is 0 Å². The van der Waals surface area contributed by atoms with Gasteiger partial charge in [-0.25, -0.2) is 9.67 Å². The molecule has 1 aliphatic heterocycles. The summed E-state index contributed by atoms with van der Waals surface area (Å²) in [7, 11) is 0. The molecule has 0 aliphatic carbocycles. The van der Waals surface area contributed by atoms with Gasteiger partial charge in [0.25, 0.3) is 5.91 Å². The maximum atomic E-state index is 13.0. The van der Waals surface area contributed by atoms with Gasteiger partial charge in [0, 0.05) is 18.8 Å². The number of carbonyl (C=O) groups excluding carboxylic acids is 1. The van der Waals surface area contributed by atoms with Crippen LogP contribution in [0.5, 0.6) is 0 Å². The average Bonchev–Trinajstić information content (AvgIpc) is 3.18. The smallest absolute Gasteiger partial charge is 0.257 e. The number of hydrogen-bond donors (Lipinski definition) is 1. The molecule has 1 fully saturated rings. The van der Waals surface area contributed by atoms with Crippen molar-refractivity contribution in [2.24, 2.45) is 11.7 Å². The van der Waals surface area contributed by atoms with E-state index in [2.05, 4.69) is 17.0 Å². The predicted molar refractivity (Wildman–Crippen MR) is 88.4 cm³/mol. The molecule has 0 spiro atoms. The number of likely N-dealkylation sites (tertiary alicyclic amines) is 1. The summed E-state index contributed by atoms with van der Waals surface area (Å²) in [6, 6.07) is 5.89. The summed E-state index contributed by atoms with van der Waals surface area (Å²) >= 11 is 0. The van der Waals surface area contributed by atoms with E-state index in [-0.39, 0.29) is 11.9 Å². The monoisotopic (exact) mass is 313 g/mol. The van der Waals surface area contributed by atoms with Crippen molar-refractivity contribution in [1.82, 2.24) is 19.7 Å². The number of amides is 1. The minimum atomic E-state index is 0.0486. The first-order valence-electron chi connectivity index (χ1n) is 8.15. The topological polar surface area (TPSA) is 77.0 Å². The van der Waals surface area contributed by atoms with Crippen LogP contribution in [0.15, 0.2) is 30.6 Å². The molecule has 2 N–H and O–H groups in total. The molecule has 0 aromatic carbocycles. The zero-order chi connectivity index (χ0) is 16.4. The first kappa shape index (κ1) is 15.7. The number of pyridine rings is 1. The molecule has 0 radical (unpaired) electrons. The van der Waals surface area contributed by atoms with Crippen LogP contribution in [0.3, 0.4) is 0 Å². The summed E-state index contributed by atoms with van der Waals surface area (Å²) in [6.45, 7) is 5.47. The van der Waals surface area contributed by atoms with Crippen LogP contribution in [0.25, 0.3) is 5.82 Å². The van der Waals surface area contributed by atoms with E-state index in [1.54, 1.807) is 17.1 Å². The number of rotatable bonds is 4. The average molecular weight is 313 g/mol. The number of nitrogens with zero attached hydrogens (tertiary/aromatic N) is 4. The minimum Gasteiger partial charge on any atom is -0.335 e. The highest BCUT2D eigenvalue weighted by Gasteiger charge is 2.33. The second kappa shape index (κ2) is 6.50. The lowest BCUT2D eigenvalue weighted by Crippen LogP contribution is -2.34. The van der Waals surface area contributed by atoms with Crippen molar-refractivity contribution < 1.29 is 4.79 Å². The molecule has 2 unspecified atom stereocenters. The van der Waals surface area contributed by atoms with Crippen molar-refractivity contribution >= 4 is 5.91 Å². The molecule has 122 valence electrons. The predicted octanol–water partition coefficient (Wildman–Crippen LogP) is 1.64. The van der Waals surface area contributed by atoms with Crippen LogP contribution < -0.4 is 5.73 Å². The van der Waals surface area contributed by atoms with Gasteiger partial charge in [-0.1, -0.05) is 13.0 Å². The molecule has 6 nitrogen and oxygen atoms in total. The highest BCUT2D eigenvalue weighted by molar-refractivity contribution is 5.95. The second-order valence-electron chi connectivity index (χ2n) is 6.10. The van der Waals surface area contributed by atoms with Gasteiger partial charge in [-0.15, -0.1) is 0 Å². The Hall–Kier alpha value is -2.21. The van der Waals surface area contributed by atoms with Crippen molar-refractivity contribution in [2.45, 2.75) is 32.7 Å². The van der Waals surface area contributed by atoms with Gasteiger partial charge < -0.3 is 10.6 Å². The molecule has 3 heterocycles. The van der Waals surface area contributed by atoms with Crippen LogP contribution in [0.2, 0.25) is 0 Å². The first-order valence-corrected chi connectivity index (χ1v) is 8.15. The molecular weight excluding hydrogens is 290 g/mol. The zero-order valence-corrected chi connectivity index (χ0v) is 13.6. The number of nitrogens with two attached hydrogens (primary N) is 1. The lowest BCUT2D eigenvalue weighted by atomic mass is 10.1. The maximum absolute atomic E-state index is 13.0. The number of aromatic nitrogens is 3. The summed E-state index contributed by atoms with van der Waals surface area (Å²) in [6.07, 6.45) is 5.09. The third-order valence-corrected chi connectivity index (χ3v) is 4.56. The van der Waals surface area contributed by atoms with E-state index < -0.39 is 0 Å². The number of hydrogen-bond acceptors (Lipinski definition) is 4. The molecule has 1 saturated heterocycles. The molecular formula is C17H23N5O. The van der Waals surface area contributed by atoms with Gasteiger partial charge >= 0.3 is 0 Å². The van der Waals surface area contributed by atoms with Crippen LogP contribution in [-0.2, 0) is 6.42 Å². The van der Waals surface area contributed by atoms with E-state index in [0.717, 1.165) is 30.9 Å². The molecule has 2 aromatic heterocycles. The molecule has 1 aliphatic rings. The molecule has 3 rings (SSSR count). The third kappa shape index (κ3) is 2.86. The third-order valence-electron chi connectivity index (χ3n) is 4.56. The van der Waals surface area contributed by atoms with Crippen LogP contribution >= 0.6 is 0 Å². The van der Waals surface area contributed by atoms with Crippen molar-refractivity contribution in [3.63, 3.8) is 0 Å². The van der Waals surface area contributed by atoms with Gasteiger partial charge in [0.2, 0.25) is 0 Å². The molecule has 0 bridgehead atoms. The minimum absolute atomic E-state index is 0.0486. The largest absolute Gasteiger partial charge is 0.335 e. The Kier molecular flexibility index (Phi) is 4.43. The van der Waals surface area contributed by atoms with E-state index in [4.69, 9.17) is 5.73 Å². The fourth-order valence-electron chi connectivity index (χ4n) is 3.32. The second-order valence-corrected chi connectivity index (χ2v) is 6.10. The van der Waals surface area contributed by atoms with Crippen molar-refractivity contribution in [3.8, 4) is 5.82 Å². The fourth-order valence-corrected chi connectivity index (χ4v) is 3.32. The highest BCUT2D eigenvalue weighted by Crippen LogP contribution is 2.25. The summed E-state index contributed by atoms with van der Waals surface area (Å²) in [4.78, 5) is 19.2. The van der Waals surface area contributed by atoms with E-state index in [0.29, 0.717) is 18.0 Å². The summed E-state index contributed by atoms with van der Waals surface area (Å²) in [5.41, 5.74) is 7.34. The van der Waals surface area contributed by atoms with Crippen LogP contribution in [0, 0.1) is 5.92 Å². The SMILES string of the molecule is CCc1c(C(=O)N2CC(CN)CC2C)cnn1-c1ccccn1. The Morgan fingerprint density at radius 1 is 1.43 bits per heavy atom. The Labute approximate surface area is 136 Å². The van der Waals surface area contributed by atoms with E-state index in [1.807, 2.05) is 30.0 Å². The van der Waals surface area contributed by atoms with E-state index >= 15 is 0 Å². The molecule has 1 amide bonds. The molecule has 6 heteroatoms. The van der Waals surface area contributed by atoms with Crippen molar-refractivity contribution in [3.05, 3.63) is 41.9 Å². The summed E-state index contributed by atoms with van der Waals surface area (Å²) < 4.78 is 1.76. The molecule has 23 heavy (non-hydrogen) atoms. The van der Waals surface area contributed by atoms with Crippen LogP contribution in [0.4, 0.5) is 0 Å². The summed E-state index contributed by atoms with van der Waals surface area (Å²) in [5.74, 6) is 1.18. The van der Waals surface area contributed by atoms with Gasteiger partial charge in [-0.3, -0.25) is 4.79 Å². The Morgan fingerprint density at radius 3 is 2.87 bits per heavy atom. The molecule has 0 saturated carbocycles. The zero-order valence-electron chi connectivity index (χ0n) is 13.6. The van der Waals surface area contributed by atoms with E-state index in [9.17, 15) is 4.79 Å². The standard InChI is InChI=1S/C17H23N5O/c1-3-15-14(10-20-22(15)16-6-4-5-7-19-16)17(23)21-11-13(9-18)8-12(21)2/h4-7,10,12-13H,3,8-9,11,18H2,1-2H3. The Morgan fingerprint density at radius 2 is 2.26 bits per heavy atom. The Balaban J connectivity index is 1.92. The lowest BCUT2D eigenvalue weighted by molar-refractivity contribution is 0.0742. The fraction of sp³-hybridized carbons (Fsp3) is 0.471. The van der Waals surface area contributed by atoms with Gasteiger partial charge in [0.05, 0.1) is 17.5 Å². The van der Waals surface area contributed by atoms with E-state index in [1.165, 1.54) is 0 Å². The van der Waals surface area contributed by atoms with Crippen LogP contribution in [-0.4, -0.2) is 44.7 Å². The number of carbonyl (C=O) groups is 1. The quantitative estimate of drug-likeness (QED) is 0.931. The lowest BCUT2D eigenvalue weighted by Gasteiger charge is -2.21. The van der Waals surface area contributed by atoms with Crippen molar-refractivity contribution in [2.75, 3.05) is 13.1 Å².